The Kier molecular flexibility index (Phi) is 4.74. The van der Waals surface area contributed by atoms with Gasteiger partial charge in [0.1, 0.15) is 5.75 Å². The lowest BCUT2D eigenvalue weighted by molar-refractivity contribution is 0.159. The lowest BCUT2D eigenvalue weighted by Gasteiger charge is -2.36. The van der Waals surface area contributed by atoms with Crippen LogP contribution in [0.3, 0.4) is 0 Å². The van der Waals surface area contributed by atoms with Gasteiger partial charge in [0.2, 0.25) is 0 Å². The van der Waals surface area contributed by atoms with E-state index in [1.54, 1.807) is 13.3 Å². The minimum Gasteiger partial charge on any atom is -0.495 e. The second-order valence-electron chi connectivity index (χ2n) is 6.17. The number of para-hydroxylation sites is 1. The quantitative estimate of drug-likeness (QED) is 0.938. The third kappa shape index (κ3) is 3.09. The van der Waals surface area contributed by atoms with Gasteiger partial charge in [-0.05, 0) is 43.9 Å². The number of benzene rings is 1. The van der Waals surface area contributed by atoms with Gasteiger partial charge in [0.15, 0.2) is 0 Å². The monoisotopic (exact) mass is 328 g/mol. The largest absolute Gasteiger partial charge is 0.495 e. The number of anilines is 1. The summed E-state index contributed by atoms with van der Waals surface area (Å²) in [6.07, 6.45) is 4.88. The molecule has 2 heterocycles. The highest BCUT2D eigenvalue weighted by Gasteiger charge is 2.30. The second kappa shape index (κ2) is 6.95. The van der Waals surface area contributed by atoms with E-state index in [1.807, 2.05) is 47.8 Å². The zero-order valence-electron chi connectivity index (χ0n) is 14.5. The molecule has 2 aromatic rings. The van der Waals surface area contributed by atoms with Gasteiger partial charge in [-0.1, -0.05) is 12.1 Å². The molecule has 1 fully saturated rings. The van der Waals surface area contributed by atoms with Gasteiger partial charge in [-0.2, -0.15) is 5.10 Å². The first-order chi connectivity index (χ1) is 11.6. The normalized spacial score (nSPS) is 17.6. The summed E-state index contributed by atoms with van der Waals surface area (Å²) < 4.78 is 7.24. The molecule has 6 nitrogen and oxygen atoms in total. The van der Waals surface area contributed by atoms with E-state index in [0.29, 0.717) is 5.75 Å². The summed E-state index contributed by atoms with van der Waals surface area (Å²) >= 11 is 0. The lowest BCUT2D eigenvalue weighted by Crippen LogP contribution is -2.42. The molecule has 1 N–H and O–H groups in total. The third-order valence-corrected chi connectivity index (χ3v) is 4.65. The number of carbonyl (C=O) groups is 1. The number of nitrogens with one attached hydrogen (secondary N) is 1. The highest BCUT2D eigenvalue weighted by Crippen LogP contribution is 2.33. The fourth-order valence-corrected chi connectivity index (χ4v) is 3.34. The van der Waals surface area contributed by atoms with Gasteiger partial charge in [0, 0.05) is 19.8 Å². The van der Waals surface area contributed by atoms with E-state index >= 15 is 0 Å². The van der Waals surface area contributed by atoms with Crippen molar-refractivity contribution in [2.45, 2.75) is 32.2 Å². The highest BCUT2D eigenvalue weighted by molar-refractivity contribution is 5.92. The molecular formula is C18H24N4O2. The fourth-order valence-electron chi connectivity index (χ4n) is 3.34. The van der Waals surface area contributed by atoms with Gasteiger partial charge in [0.25, 0.3) is 0 Å². The van der Waals surface area contributed by atoms with Crippen molar-refractivity contribution >= 4 is 11.7 Å². The van der Waals surface area contributed by atoms with Crippen LogP contribution in [-0.4, -0.2) is 34.4 Å². The van der Waals surface area contributed by atoms with Crippen molar-refractivity contribution in [3.05, 3.63) is 41.7 Å². The summed E-state index contributed by atoms with van der Waals surface area (Å²) in [5.41, 5.74) is 2.79. The Morgan fingerprint density at radius 3 is 2.88 bits per heavy atom. The maximum Gasteiger partial charge on any atom is 0.322 e. The van der Waals surface area contributed by atoms with Gasteiger partial charge in [-0.15, -0.1) is 0 Å². The number of amides is 2. The molecule has 1 aliphatic rings. The van der Waals surface area contributed by atoms with E-state index < -0.39 is 0 Å². The molecule has 0 spiro atoms. The molecule has 0 radical (unpaired) electrons. The Hall–Kier alpha value is -2.50. The Bertz CT molecular complexity index is 726. The van der Waals surface area contributed by atoms with Crippen LogP contribution < -0.4 is 10.1 Å². The molecule has 0 aliphatic carbocycles. The van der Waals surface area contributed by atoms with Crippen LogP contribution in [0.25, 0.3) is 0 Å². The summed E-state index contributed by atoms with van der Waals surface area (Å²) in [5, 5.41) is 7.29. The lowest BCUT2D eigenvalue weighted by atomic mass is 9.99. The molecule has 1 aromatic carbocycles. The first kappa shape index (κ1) is 16.4. The molecule has 1 aliphatic heterocycles. The standard InChI is InChI=1S/C18H24N4O2/c1-13-7-6-9-16(24-3)17(13)20-18(23)22-12-5-4-8-15(22)14-10-11-19-21(14)2/h6-7,9-11,15H,4-5,8,12H2,1-3H3,(H,20,23)/t15-/m0/s1. The van der Waals surface area contributed by atoms with Crippen molar-refractivity contribution in [2.75, 3.05) is 19.0 Å². The average molecular weight is 328 g/mol. The smallest absolute Gasteiger partial charge is 0.322 e. The van der Waals surface area contributed by atoms with Crippen molar-refractivity contribution in [3.63, 3.8) is 0 Å². The maximum atomic E-state index is 12.9. The minimum atomic E-state index is -0.0894. The van der Waals surface area contributed by atoms with Crippen LogP contribution in [0.2, 0.25) is 0 Å². The van der Waals surface area contributed by atoms with Gasteiger partial charge >= 0.3 is 6.03 Å². The van der Waals surface area contributed by atoms with E-state index in [2.05, 4.69) is 10.4 Å². The van der Waals surface area contributed by atoms with E-state index in [9.17, 15) is 4.79 Å². The van der Waals surface area contributed by atoms with Crippen molar-refractivity contribution < 1.29 is 9.53 Å². The Morgan fingerprint density at radius 1 is 1.33 bits per heavy atom. The molecular weight excluding hydrogens is 304 g/mol. The van der Waals surface area contributed by atoms with Crippen molar-refractivity contribution in [3.8, 4) is 5.75 Å². The van der Waals surface area contributed by atoms with Crippen molar-refractivity contribution in [1.82, 2.24) is 14.7 Å². The van der Waals surface area contributed by atoms with E-state index in [1.165, 1.54) is 0 Å². The molecule has 24 heavy (non-hydrogen) atoms. The minimum absolute atomic E-state index is 0.0567. The number of hydrogen-bond donors (Lipinski definition) is 1. The molecule has 6 heteroatoms. The molecule has 3 rings (SSSR count). The van der Waals surface area contributed by atoms with E-state index in [4.69, 9.17) is 4.74 Å². The van der Waals surface area contributed by atoms with Gasteiger partial charge in [0.05, 0.1) is 24.5 Å². The van der Waals surface area contributed by atoms with Crippen LogP contribution in [-0.2, 0) is 7.05 Å². The van der Waals surface area contributed by atoms with Gasteiger partial charge in [-0.25, -0.2) is 4.79 Å². The average Bonchev–Trinajstić information content (AvgIpc) is 3.02. The summed E-state index contributed by atoms with van der Waals surface area (Å²) in [5.74, 6) is 0.678. The third-order valence-electron chi connectivity index (χ3n) is 4.65. The van der Waals surface area contributed by atoms with Crippen molar-refractivity contribution in [2.24, 2.45) is 7.05 Å². The number of carbonyl (C=O) groups excluding carboxylic acids is 1. The van der Waals surface area contributed by atoms with Crippen LogP contribution in [0.15, 0.2) is 30.5 Å². The first-order valence-electron chi connectivity index (χ1n) is 8.31. The predicted octanol–water partition coefficient (Wildman–Crippen LogP) is 3.50. The number of aromatic nitrogens is 2. The molecule has 0 bridgehead atoms. The summed E-state index contributed by atoms with van der Waals surface area (Å²) in [4.78, 5) is 14.8. The topological polar surface area (TPSA) is 59.4 Å². The highest BCUT2D eigenvalue weighted by atomic mass is 16.5. The van der Waals surface area contributed by atoms with Crippen molar-refractivity contribution in [1.29, 1.82) is 0 Å². The number of aryl methyl sites for hydroxylation is 2. The number of urea groups is 1. The molecule has 2 amide bonds. The zero-order valence-corrected chi connectivity index (χ0v) is 14.5. The number of ether oxygens (including phenoxy) is 1. The Balaban J connectivity index is 1.84. The molecule has 0 unspecified atom stereocenters. The summed E-state index contributed by atoms with van der Waals surface area (Å²) in [6, 6.07) is 7.70. The van der Waals surface area contributed by atoms with Gasteiger partial charge in [-0.3, -0.25) is 4.68 Å². The van der Waals surface area contributed by atoms with E-state index in [0.717, 1.165) is 42.8 Å². The predicted molar refractivity (Wildman–Crippen MR) is 93.3 cm³/mol. The van der Waals surface area contributed by atoms with E-state index in [-0.39, 0.29) is 12.1 Å². The summed E-state index contributed by atoms with van der Waals surface area (Å²) in [6.45, 7) is 2.71. The van der Waals surface area contributed by atoms with Crippen LogP contribution in [0.1, 0.15) is 36.6 Å². The number of methoxy groups -OCH3 is 1. The van der Waals surface area contributed by atoms with Crippen LogP contribution in [0.5, 0.6) is 5.75 Å². The molecule has 1 saturated heterocycles. The maximum absolute atomic E-state index is 12.9. The summed E-state index contributed by atoms with van der Waals surface area (Å²) in [7, 11) is 3.54. The number of rotatable bonds is 3. The fraction of sp³-hybridized carbons (Fsp3) is 0.444. The number of piperidine rings is 1. The second-order valence-corrected chi connectivity index (χ2v) is 6.17. The SMILES string of the molecule is COc1cccc(C)c1NC(=O)N1CCCC[C@H]1c1ccnn1C. The molecule has 1 atom stereocenters. The van der Waals surface area contributed by atoms with Crippen LogP contribution in [0.4, 0.5) is 10.5 Å². The molecule has 1 aromatic heterocycles. The molecule has 0 saturated carbocycles. The zero-order chi connectivity index (χ0) is 17.1. The Morgan fingerprint density at radius 2 is 2.17 bits per heavy atom. The van der Waals surface area contributed by atoms with Crippen LogP contribution in [0, 0.1) is 6.92 Å². The number of likely N-dealkylation sites (tertiary alicyclic amines) is 1. The first-order valence-corrected chi connectivity index (χ1v) is 8.31. The van der Waals surface area contributed by atoms with Gasteiger partial charge < -0.3 is 15.0 Å². The molecule has 128 valence electrons. The number of hydrogen-bond acceptors (Lipinski definition) is 3. The number of nitrogens with zero attached hydrogens (tertiary/aromatic N) is 3. The Labute approximate surface area is 142 Å². The van der Waals surface area contributed by atoms with Crippen LogP contribution >= 0.6 is 0 Å².